The van der Waals surface area contributed by atoms with Crippen molar-refractivity contribution in [3.05, 3.63) is 53.5 Å². The maximum Gasteiger partial charge on any atom is 0.315 e. The van der Waals surface area contributed by atoms with Crippen molar-refractivity contribution in [2.45, 2.75) is 36.7 Å². The van der Waals surface area contributed by atoms with Crippen LogP contribution in [0.15, 0.2) is 41.4 Å². The van der Waals surface area contributed by atoms with Gasteiger partial charge in [-0.25, -0.2) is 14.2 Å². The Kier molecular flexibility index (Phi) is 5.48. The molecule has 0 saturated carbocycles. The summed E-state index contributed by atoms with van der Waals surface area (Å²) in [5, 5.41) is 5.85. The number of nitrogens with zero attached hydrogens (tertiary/aromatic N) is 2. The summed E-state index contributed by atoms with van der Waals surface area (Å²) < 4.78 is 13.6. The Balaban J connectivity index is 1.32. The van der Waals surface area contributed by atoms with Crippen LogP contribution < -0.4 is 15.5 Å². The molecule has 142 valence electrons. The number of benzene rings is 1. The fourth-order valence-corrected chi connectivity index (χ4v) is 4.67. The minimum absolute atomic E-state index is 0.160. The zero-order valence-electron chi connectivity index (χ0n) is 15.1. The number of nitrogens with one attached hydrogen (secondary N) is 2. The molecule has 3 heterocycles. The van der Waals surface area contributed by atoms with E-state index < -0.39 is 0 Å². The number of rotatable bonds is 4. The van der Waals surface area contributed by atoms with Gasteiger partial charge in [-0.05, 0) is 54.7 Å². The van der Waals surface area contributed by atoms with E-state index in [4.69, 9.17) is 0 Å². The first-order chi connectivity index (χ1) is 13.2. The largest absolute Gasteiger partial charge is 0.357 e. The molecule has 1 saturated heterocycles. The number of urea groups is 1. The highest BCUT2D eigenvalue weighted by molar-refractivity contribution is 7.99. The molecule has 2 N–H and O–H groups in total. The first kappa shape index (κ1) is 18.1. The predicted molar refractivity (Wildman–Crippen MR) is 106 cm³/mol. The van der Waals surface area contributed by atoms with Crippen molar-refractivity contribution < 1.29 is 9.18 Å². The van der Waals surface area contributed by atoms with E-state index in [1.165, 1.54) is 25.0 Å². The van der Waals surface area contributed by atoms with Crippen molar-refractivity contribution in [2.75, 3.05) is 23.7 Å². The molecular formula is C20H23FN4OS. The molecule has 5 nitrogen and oxygen atoms in total. The Morgan fingerprint density at radius 2 is 2.11 bits per heavy atom. The van der Waals surface area contributed by atoms with Crippen molar-refractivity contribution in [3.63, 3.8) is 0 Å². The van der Waals surface area contributed by atoms with E-state index in [0.717, 1.165) is 47.1 Å². The monoisotopic (exact) mass is 386 g/mol. The summed E-state index contributed by atoms with van der Waals surface area (Å²) in [6.07, 6.45) is 5.05. The highest BCUT2D eigenvalue weighted by Crippen LogP contribution is 2.36. The van der Waals surface area contributed by atoms with Gasteiger partial charge in [0.1, 0.15) is 11.6 Å². The van der Waals surface area contributed by atoms with E-state index in [-0.39, 0.29) is 17.9 Å². The third-order valence-corrected chi connectivity index (χ3v) is 6.13. The third kappa shape index (κ3) is 4.35. The summed E-state index contributed by atoms with van der Waals surface area (Å²) in [6, 6.07) is 8.38. The van der Waals surface area contributed by atoms with Gasteiger partial charge >= 0.3 is 6.03 Å². The van der Waals surface area contributed by atoms with Gasteiger partial charge in [0.2, 0.25) is 0 Å². The Morgan fingerprint density at radius 1 is 1.26 bits per heavy atom. The lowest BCUT2D eigenvalue weighted by Crippen LogP contribution is -2.38. The van der Waals surface area contributed by atoms with E-state index in [2.05, 4.69) is 20.5 Å². The lowest BCUT2D eigenvalue weighted by molar-refractivity contribution is 0.236. The smallest absolute Gasteiger partial charge is 0.315 e. The Hall–Kier alpha value is -2.28. The van der Waals surface area contributed by atoms with Crippen LogP contribution in [0.5, 0.6) is 0 Å². The fourth-order valence-electron chi connectivity index (χ4n) is 3.56. The molecule has 4 rings (SSSR count). The molecule has 2 aliphatic rings. The van der Waals surface area contributed by atoms with Crippen LogP contribution in [-0.2, 0) is 6.54 Å². The van der Waals surface area contributed by atoms with E-state index in [9.17, 15) is 9.18 Å². The second kappa shape index (κ2) is 8.17. The Labute approximate surface area is 162 Å². The Morgan fingerprint density at radius 3 is 2.89 bits per heavy atom. The number of anilines is 1. The van der Waals surface area contributed by atoms with Crippen LogP contribution >= 0.6 is 11.8 Å². The van der Waals surface area contributed by atoms with Crippen LogP contribution in [0.1, 0.15) is 36.4 Å². The third-order valence-electron chi connectivity index (χ3n) is 5.01. The number of hydrogen-bond acceptors (Lipinski definition) is 4. The summed E-state index contributed by atoms with van der Waals surface area (Å²) in [4.78, 5) is 20.1. The van der Waals surface area contributed by atoms with Crippen LogP contribution in [0.3, 0.4) is 0 Å². The van der Waals surface area contributed by atoms with Crippen molar-refractivity contribution in [1.29, 1.82) is 0 Å². The Bertz CT molecular complexity index is 808. The number of pyridine rings is 1. The molecule has 2 aliphatic heterocycles. The summed E-state index contributed by atoms with van der Waals surface area (Å²) in [6.45, 7) is 2.54. The molecule has 0 aliphatic carbocycles. The molecule has 1 aromatic heterocycles. The second-order valence-corrected chi connectivity index (χ2v) is 8.05. The molecule has 1 atom stereocenters. The number of aromatic nitrogens is 1. The molecule has 27 heavy (non-hydrogen) atoms. The number of halogens is 1. The maximum absolute atomic E-state index is 13.6. The first-order valence-corrected chi connectivity index (χ1v) is 10.3. The van der Waals surface area contributed by atoms with Crippen LogP contribution in [0.2, 0.25) is 0 Å². The normalized spacial score (nSPS) is 18.9. The molecule has 7 heteroatoms. The van der Waals surface area contributed by atoms with E-state index >= 15 is 0 Å². The summed E-state index contributed by atoms with van der Waals surface area (Å²) in [7, 11) is 0. The van der Waals surface area contributed by atoms with E-state index in [1.54, 1.807) is 17.8 Å². The molecule has 0 radical (unpaired) electrons. The van der Waals surface area contributed by atoms with Crippen molar-refractivity contribution >= 4 is 23.6 Å². The van der Waals surface area contributed by atoms with Gasteiger partial charge in [-0.1, -0.05) is 6.07 Å². The van der Waals surface area contributed by atoms with E-state index in [0.29, 0.717) is 6.54 Å². The molecule has 0 spiro atoms. The first-order valence-electron chi connectivity index (χ1n) is 9.35. The van der Waals surface area contributed by atoms with Crippen LogP contribution in [-0.4, -0.2) is 29.9 Å². The van der Waals surface area contributed by atoms with Crippen molar-refractivity contribution in [1.82, 2.24) is 15.6 Å². The quantitative estimate of drug-likeness (QED) is 0.838. The summed E-state index contributed by atoms with van der Waals surface area (Å²) >= 11 is 1.70. The minimum Gasteiger partial charge on any atom is -0.357 e. The molecule has 2 amide bonds. The summed E-state index contributed by atoms with van der Waals surface area (Å²) in [5.74, 6) is 1.64. The number of carbonyl (C=O) groups excluding carboxylic acids is 1. The van der Waals surface area contributed by atoms with E-state index in [1.807, 2.05) is 18.3 Å². The number of fused-ring (bicyclic) bond motifs is 1. The van der Waals surface area contributed by atoms with Crippen LogP contribution in [0.25, 0.3) is 0 Å². The van der Waals surface area contributed by atoms with Crippen molar-refractivity contribution in [3.8, 4) is 0 Å². The van der Waals surface area contributed by atoms with Gasteiger partial charge in [0.15, 0.2) is 0 Å². The average molecular weight is 386 g/mol. The SMILES string of the molecule is O=C(NCc1ccc(N2CCCC2)nc1)NC1CCSc2ccc(F)cc21. The average Bonchev–Trinajstić information content (AvgIpc) is 3.22. The van der Waals surface area contributed by atoms with Crippen LogP contribution in [0, 0.1) is 5.82 Å². The summed E-state index contributed by atoms with van der Waals surface area (Å²) in [5.41, 5.74) is 1.82. The lowest BCUT2D eigenvalue weighted by Gasteiger charge is -2.26. The highest BCUT2D eigenvalue weighted by Gasteiger charge is 2.22. The lowest BCUT2D eigenvalue weighted by atomic mass is 10.0. The standard InChI is InChI=1S/C20H23FN4OS/c21-15-4-5-18-16(11-15)17(7-10-27-18)24-20(26)23-13-14-3-6-19(22-12-14)25-8-1-2-9-25/h3-6,11-12,17H,1-2,7-10,13H2,(H2,23,24,26). The molecule has 2 aromatic rings. The van der Waals surface area contributed by atoms with Crippen LogP contribution in [0.4, 0.5) is 15.0 Å². The van der Waals surface area contributed by atoms with Gasteiger partial charge in [0.05, 0.1) is 6.04 Å². The predicted octanol–water partition coefficient (Wildman–Crippen LogP) is 3.86. The number of carbonyl (C=O) groups is 1. The topological polar surface area (TPSA) is 57.3 Å². The molecule has 1 unspecified atom stereocenters. The molecule has 1 fully saturated rings. The molecule has 1 aromatic carbocycles. The molecular weight excluding hydrogens is 363 g/mol. The second-order valence-electron chi connectivity index (χ2n) is 6.92. The van der Waals surface area contributed by atoms with Crippen molar-refractivity contribution in [2.24, 2.45) is 0 Å². The fraction of sp³-hybridized carbons (Fsp3) is 0.400. The highest BCUT2D eigenvalue weighted by atomic mass is 32.2. The van der Waals surface area contributed by atoms with Gasteiger partial charge in [-0.3, -0.25) is 0 Å². The number of amides is 2. The number of thioether (sulfide) groups is 1. The zero-order valence-corrected chi connectivity index (χ0v) is 15.9. The van der Waals surface area contributed by atoms with Gasteiger partial charge < -0.3 is 15.5 Å². The van der Waals surface area contributed by atoms with Gasteiger partial charge in [-0.2, -0.15) is 0 Å². The molecule has 0 bridgehead atoms. The number of hydrogen-bond donors (Lipinski definition) is 2. The van der Waals surface area contributed by atoms with Gasteiger partial charge in [0, 0.05) is 36.5 Å². The zero-order chi connectivity index (χ0) is 18.6. The maximum atomic E-state index is 13.6. The van der Waals surface area contributed by atoms with Gasteiger partial charge in [-0.15, -0.1) is 11.8 Å². The van der Waals surface area contributed by atoms with Gasteiger partial charge in [0.25, 0.3) is 0 Å². The minimum atomic E-state index is -0.271.